The molecule has 0 aliphatic carbocycles. The maximum absolute atomic E-state index is 10.7. The number of aliphatic hydroxyl groups excluding tert-OH is 3. The number of esters is 4. The molecule has 21 nitrogen and oxygen atoms in total. The average Bonchev–Trinajstić information content (AvgIpc) is 3.26. The highest BCUT2D eigenvalue weighted by Crippen LogP contribution is 2.18. The first-order valence-electron chi connectivity index (χ1n) is 17.3. The lowest BCUT2D eigenvalue weighted by atomic mass is 9.88. The molecule has 6 N–H and O–H groups in total. The summed E-state index contributed by atoms with van der Waals surface area (Å²) < 4.78 is 39.3. The average molecular weight is 867 g/mol. The monoisotopic (exact) mass is 866 g/mol. The van der Waals surface area contributed by atoms with Crippen molar-refractivity contribution < 1.29 is 102 Å². The fourth-order valence-electron chi connectivity index (χ4n) is 2.17. The molecular weight excluding hydrogens is 804 g/mol. The van der Waals surface area contributed by atoms with Crippen LogP contribution < -0.4 is 0 Å². The van der Waals surface area contributed by atoms with Gasteiger partial charge in [-0.05, 0) is 6.42 Å². The van der Waals surface area contributed by atoms with E-state index in [1.165, 1.54) is 0 Å². The Hall–Kier alpha value is -5.81. The molecular formula is C39H62O21. The summed E-state index contributed by atoms with van der Waals surface area (Å²) in [6.45, 7) is 26.7. The molecule has 0 saturated carbocycles. The second-order valence-corrected chi connectivity index (χ2v) is 9.89. The number of aliphatic carboxylic acids is 3. The highest BCUT2D eigenvalue weighted by atomic mass is 16.6. The van der Waals surface area contributed by atoms with Crippen LogP contribution in [-0.2, 0) is 71.5 Å². The van der Waals surface area contributed by atoms with Crippen LogP contribution in [0.4, 0.5) is 0 Å². The summed E-state index contributed by atoms with van der Waals surface area (Å²) in [4.78, 5) is 70.2. The van der Waals surface area contributed by atoms with Crippen LogP contribution in [0.3, 0.4) is 0 Å². The van der Waals surface area contributed by atoms with Crippen LogP contribution in [-0.4, -0.2) is 172 Å². The molecule has 0 aliphatic heterocycles. The maximum Gasteiger partial charge on any atom is 0.330 e. The molecule has 0 rings (SSSR count). The number of carboxylic acid groups (broad SMARTS) is 3. The third kappa shape index (κ3) is 64.1. The molecule has 0 aromatic rings. The number of hydrogen-bond donors (Lipinski definition) is 6. The number of carbonyl (C=O) groups is 7. The highest BCUT2D eigenvalue weighted by molar-refractivity contribution is 5.82. The zero-order valence-electron chi connectivity index (χ0n) is 34.1. The van der Waals surface area contributed by atoms with Gasteiger partial charge in [0.25, 0.3) is 0 Å². The normalized spacial score (nSPS) is 9.13. The third-order valence-corrected chi connectivity index (χ3v) is 5.58. The van der Waals surface area contributed by atoms with E-state index in [4.69, 9.17) is 59.1 Å². The minimum atomic E-state index is -0.981. The Morgan fingerprint density at radius 1 is 0.383 bits per heavy atom. The molecule has 0 spiro atoms. The molecule has 0 aliphatic rings. The SMILES string of the molecule is C=CC(=O)O.C=CC(=O)O.C=CC(=O)O.C=CC(=O)OCCOCCOC(=O)C=C.C=CC(=O)OCCOCCOCCOCCOC(=O)C=C.CCC(CO)(CO)CO. The summed E-state index contributed by atoms with van der Waals surface area (Å²) in [5.41, 5.74) is -0.667. The molecule has 344 valence electrons. The van der Waals surface area contributed by atoms with Crippen molar-refractivity contribution in [2.75, 3.05) is 99.1 Å². The molecule has 0 amide bonds. The highest BCUT2D eigenvalue weighted by Gasteiger charge is 2.24. The van der Waals surface area contributed by atoms with Gasteiger partial charge in [-0.15, -0.1) is 0 Å². The van der Waals surface area contributed by atoms with Crippen molar-refractivity contribution in [3.8, 4) is 0 Å². The van der Waals surface area contributed by atoms with E-state index >= 15 is 0 Å². The lowest BCUT2D eigenvalue weighted by molar-refractivity contribution is -0.141. The molecule has 0 bridgehead atoms. The van der Waals surface area contributed by atoms with Gasteiger partial charge in [-0.25, -0.2) is 33.6 Å². The van der Waals surface area contributed by atoms with E-state index in [0.717, 1.165) is 42.5 Å². The summed E-state index contributed by atoms with van der Waals surface area (Å²) in [6.07, 6.45) is 7.44. The second-order valence-electron chi connectivity index (χ2n) is 9.89. The maximum atomic E-state index is 10.7. The molecule has 0 aromatic carbocycles. The third-order valence-electron chi connectivity index (χ3n) is 5.58. The Balaban J connectivity index is -0.000000162. The van der Waals surface area contributed by atoms with Gasteiger partial charge >= 0.3 is 41.8 Å². The van der Waals surface area contributed by atoms with Gasteiger partial charge in [0.05, 0.1) is 72.7 Å². The van der Waals surface area contributed by atoms with E-state index < -0.39 is 47.2 Å². The molecule has 0 fully saturated rings. The molecule has 0 radical (unpaired) electrons. The largest absolute Gasteiger partial charge is 0.478 e. The van der Waals surface area contributed by atoms with Crippen molar-refractivity contribution in [3.63, 3.8) is 0 Å². The summed E-state index contributed by atoms with van der Waals surface area (Å²) in [6, 6.07) is 0. The Labute approximate surface area is 350 Å². The molecule has 0 atom stereocenters. The molecule has 0 saturated heterocycles. The predicted octanol–water partition coefficient (Wildman–Crippen LogP) is 1.09. The summed E-state index contributed by atoms with van der Waals surface area (Å²) >= 11 is 0. The zero-order valence-corrected chi connectivity index (χ0v) is 34.1. The summed E-state index contributed by atoms with van der Waals surface area (Å²) in [5.74, 6) is -4.86. The van der Waals surface area contributed by atoms with Gasteiger partial charge in [0.15, 0.2) is 0 Å². The van der Waals surface area contributed by atoms with E-state index in [1.54, 1.807) is 0 Å². The van der Waals surface area contributed by atoms with Crippen LogP contribution in [0.2, 0.25) is 0 Å². The minimum absolute atomic E-state index is 0.153. The number of ether oxygens (including phenoxy) is 8. The van der Waals surface area contributed by atoms with E-state index in [1.807, 2.05) is 6.92 Å². The number of aliphatic hydroxyl groups is 3. The van der Waals surface area contributed by atoms with Crippen molar-refractivity contribution in [3.05, 3.63) is 88.6 Å². The molecule has 0 unspecified atom stereocenters. The van der Waals surface area contributed by atoms with Crippen molar-refractivity contribution in [2.24, 2.45) is 5.41 Å². The minimum Gasteiger partial charge on any atom is -0.478 e. The Bertz CT molecular complexity index is 1110. The van der Waals surface area contributed by atoms with E-state index in [0.29, 0.717) is 46.1 Å². The van der Waals surface area contributed by atoms with Gasteiger partial charge in [-0.3, -0.25) is 0 Å². The van der Waals surface area contributed by atoms with Crippen molar-refractivity contribution in [1.29, 1.82) is 0 Å². The first kappa shape index (κ1) is 66.0. The summed E-state index contributed by atoms with van der Waals surface area (Å²) in [7, 11) is 0. The predicted molar refractivity (Wildman–Crippen MR) is 215 cm³/mol. The van der Waals surface area contributed by atoms with Gasteiger partial charge in [-0.1, -0.05) is 53.0 Å². The second kappa shape index (κ2) is 53.2. The van der Waals surface area contributed by atoms with Gasteiger partial charge in [0.2, 0.25) is 0 Å². The van der Waals surface area contributed by atoms with Crippen molar-refractivity contribution in [2.45, 2.75) is 13.3 Å². The Morgan fingerprint density at radius 3 is 0.650 bits per heavy atom. The van der Waals surface area contributed by atoms with E-state index in [2.05, 4.69) is 55.5 Å². The first-order valence-corrected chi connectivity index (χ1v) is 17.3. The van der Waals surface area contributed by atoms with E-state index in [-0.39, 0.29) is 59.5 Å². The molecule has 60 heavy (non-hydrogen) atoms. The van der Waals surface area contributed by atoms with Crippen molar-refractivity contribution >= 4 is 41.8 Å². The lowest BCUT2D eigenvalue weighted by Gasteiger charge is -2.24. The van der Waals surface area contributed by atoms with Crippen LogP contribution in [0, 0.1) is 5.41 Å². The Morgan fingerprint density at radius 2 is 0.550 bits per heavy atom. The van der Waals surface area contributed by atoms with Crippen LogP contribution in [0.1, 0.15) is 13.3 Å². The lowest BCUT2D eigenvalue weighted by Crippen LogP contribution is -2.32. The van der Waals surface area contributed by atoms with E-state index in [9.17, 15) is 33.6 Å². The standard InChI is InChI=1S/C14H22O7.C10H14O5.C6H14O3.3C3H4O2/c1-3-13(15)20-11-9-18-7-5-17-6-8-19-10-12-21-14(16)4-2;1-3-9(11)14-7-5-13-6-8-15-10(12)4-2;1-2-6(3-7,4-8)5-9;3*1-2-3(4)5/h3-4H,1-2,5-12H2;3-4H,1-2,5-8H2;7-9H,2-5H2,1H3;3*2H,1H2,(H,4,5). The van der Waals surface area contributed by atoms with Crippen LogP contribution in [0.5, 0.6) is 0 Å². The number of carbonyl (C=O) groups excluding carboxylic acids is 4. The fraction of sp³-hybridized carbons (Fsp3) is 0.462. The molecule has 21 heteroatoms. The smallest absolute Gasteiger partial charge is 0.330 e. The van der Waals surface area contributed by atoms with Gasteiger partial charge < -0.3 is 68.5 Å². The van der Waals surface area contributed by atoms with Gasteiger partial charge in [0.1, 0.15) is 26.4 Å². The summed E-state index contributed by atoms with van der Waals surface area (Å²) in [5, 5.41) is 48.8. The van der Waals surface area contributed by atoms with Gasteiger partial charge in [-0.2, -0.15) is 0 Å². The number of hydrogen-bond acceptors (Lipinski definition) is 18. The molecule has 0 aromatic heterocycles. The fourth-order valence-corrected chi connectivity index (χ4v) is 2.17. The van der Waals surface area contributed by atoms with Crippen molar-refractivity contribution in [1.82, 2.24) is 0 Å². The van der Waals surface area contributed by atoms with Gasteiger partial charge in [0, 0.05) is 47.9 Å². The number of carboxylic acids is 3. The quantitative estimate of drug-likeness (QED) is 0.0265. The Kier molecular flexibility index (Phi) is 58.5. The van der Waals surface area contributed by atoms with Crippen LogP contribution in [0.15, 0.2) is 88.6 Å². The van der Waals surface area contributed by atoms with Crippen LogP contribution >= 0.6 is 0 Å². The first-order chi connectivity index (χ1) is 28.5. The molecule has 0 heterocycles. The number of rotatable bonds is 29. The topological polar surface area (TPSA) is 315 Å². The van der Waals surface area contributed by atoms with Crippen LogP contribution in [0.25, 0.3) is 0 Å². The zero-order chi connectivity index (χ0) is 47.5.